The zero-order valence-electron chi connectivity index (χ0n) is 13.7. The molecule has 0 radical (unpaired) electrons. The quantitative estimate of drug-likeness (QED) is 0.827. The summed E-state index contributed by atoms with van der Waals surface area (Å²) in [5.41, 5.74) is 0.602. The van der Waals surface area contributed by atoms with E-state index in [9.17, 15) is 4.79 Å². The zero-order chi connectivity index (χ0) is 15.7. The Bertz CT molecular complexity index is 500. The lowest BCUT2D eigenvalue weighted by molar-refractivity contribution is -0.129. The lowest BCUT2D eigenvalue weighted by atomic mass is 9.82. The van der Waals surface area contributed by atoms with E-state index in [0.717, 1.165) is 18.6 Å². The van der Waals surface area contributed by atoms with Crippen molar-refractivity contribution in [3.63, 3.8) is 0 Å². The highest BCUT2D eigenvalue weighted by Crippen LogP contribution is 2.42. The molecule has 0 aliphatic carbocycles. The minimum Gasteiger partial charge on any atom is -0.497 e. The first-order valence-electron chi connectivity index (χ1n) is 7.59. The average molecular weight is 290 g/mol. The fourth-order valence-corrected chi connectivity index (χ4v) is 3.30. The van der Waals surface area contributed by atoms with Crippen LogP contribution in [0.15, 0.2) is 24.3 Å². The molecular weight excluding hydrogens is 264 g/mol. The molecule has 1 atom stereocenters. The maximum atomic E-state index is 12.5. The monoisotopic (exact) mass is 290 g/mol. The van der Waals surface area contributed by atoms with Gasteiger partial charge in [-0.1, -0.05) is 12.1 Å². The summed E-state index contributed by atoms with van der Waals surface area (Å²) in [5, 5.41) is 0. The summed E-state index contributed by atoms with van der Waals surface area (Å²) in [5.74, 6) is 1.14. The van der Waals surface area contributed by atoms with Crippen LogP contribution in [0, 0.1) is 5.92 Å². The summed E-state index contributed by atoms with van der Waals surface area (Å²) in [4.78, 5) is 12.5. The van der Waals surface area contributed by atoms with Crippen LogP contribution in [0.2, 0.25) is 0 Å². The third-order valence-electron chi connectivity index (χ3n) is 4.28. The van der Waals surface area contributed by atoms with Gasteiger partial charge in [-0.05, 0) is 58.2 Å². The van der Waals surface area contributed by atoms with Gasteiger partial charge in [0.15, 0.2) is 0 Å². The van der Waals surface area contributed by atoms with Crippen molar-refractivity contribution >= 4 is 5.78 Å². The minimum atomic E-state index is -0.361. The third kappa shape index (κ3) is 3.85. The Balaban J connectivity index is 1.95. The van der Waals surface area contributed by atoms with Crippen molar-refractivity contribution in [3.8, 4) is 5.75 Å². The molecule has 0 aromatic heterocycles. The molecule has 3 nitrogen and oxygen atoms in total. The third-order valence-corrected chi connectivity index (χ3v) is 4.28. The molecule has 116 valence electrons. The van der Waals surface area contributed by atoms with Gasteiger partial charge in [0, 0.05) is 12.3 Å². The van der Waals surface area contributed by atoms with E-state index in [1.807, 2.05) is 38.1 Å². The maximum absolute atomic E-state index is 12.5. The van der Waals surface area contributed by atoms with Crippen LogP contribution >= 0.6 is 0 Å². The van der Waals surface area contributed by atoms with Crippen LogP contribution in [0.3, 0.4) is 0 Å². The van der Waals surface area contributed by atoms with Crippen molar-refractivity contribution in [2.24, 2.45) is 5.92 Å². The molecule has 1 aromatic rings. The van der Waals surface area contributed by atoms with Crippen molar-refractivity contribution in [2.75, 3.05) is 7.11 Å². The van der Waals surface area contributed by atoms with Crippen LogP contribution in [-0.2, 0) is 16.0 Å². The molecule has 2 rings (SSSR count). The number of Topliss-reactive ketones (excluding diaryl/α,β-unsaturated/α-hetero) is 1. The number of ketones is 1. The van der Waals surface area contributed by atoms with E-state index in [2.05, 4.69) is 13.8 Å². The number of aryl methyl sites for hydroxylation is 1. The van der Waals surface area contributed by atoms with Gasteiger partial charge < -0.3 is 9.47 Å². The largest absolute Gasteiger partial charge is 0.497 e. The highest BCUT2D eigenvalue weighted by Gasteiger charge is 2.48. The average Bonchev–Trinajstić information content (AvgIpc) is 2.64. The van der Waals surface area contributed by atoms with Crippen LogP contribution in [0.5, 0.6) is 5.75 Å². The summed E-state index contributed by atoms with van der Waals surface area (Å²) in [6, 6.07) is 7.91. The zero-order valence-corrected chi connectivity index (χ0v) is 13.7. The first-order valence-corrected chi connectivity index (χ1v) is 7.59. The van der Waals surface area contributed by atoms with Gasteiger partial charge in [0.2, 0.25) is 0 Å². The summed E-state index contributed by atoms with van der Waals surface area (Å²) in [6.45, 7) is 8.17. The van der Waals surface area contributed by atoms with Crippen LogP contribution < -0.4 is 4.74 Å². The summed E-state index contributed by atoms with van der Waals surface area (Å²) < 4.78 is 11.2. The Labute approximate surface area is 127 Å². The van der Waals surface area contributed by atoms with Crippen molar-refractivity contribution in [2.45, 2.75) is 58.2 Å². The molecule has 1 aliphatic rings. The van der Waals surface area contributed by atoms with Gasteiger partial charge in [0.1, 0.15) is 11.5 Å². The van der Waals surface area contributed by atoms with E-state index in [-0.39, 0.29) is 17.1 Å². The van der Waals surface area contributed by atoms with Crippen molar-refractivity contribution in [3.05, 3.63) is 29.8 Å². The highest BCUT2D eigenvalue weighted by molar-refractivity contribution is 5.82. The van der Waals surface area contributed by atoms with Crippen LogP contribution in [-0.4, -0.2) is 24.1 Å². The Kier molecular flexibility index (Phi) is 4.43. The molecule has 1 heterocycles. The molecule has 1 unspecified atom stereocenters. The van der Waals surface area contributed by atoms with Gasteiger partial charge in [-0.2, -0.15) is 0 Å². The lowest BCUT2D eigenvalue weighted by Gasteiger charge is -2.26. The minimum absolute atomic E-state index is 0.00857. The first kappa shape index (κ1) is 16.0. The number of rotatable bonds is 5. The van der Waals surface area contributed by atoms with Crippen molar-refractivity contribution in [1.82, 2.24) is 0 Å². The Morgan fingerprint density at radius 3 is 2.33 bits per heavy atom. The molecule has 1 aromatic carbocycles. The Morgan fingerprint density at radius 2 is 1.86 bits per heavy atom. The fourth-order valence-electron chi connectivity index (χ4n) is 3.30. The summed E-state index contributed by atoms with van der Waals surface area (Å²) in [7, 11) is 1.66. The van der Waals surface area contributed by atoms with E-state index in [4.69, 9.17) is 9.47 Å². The predicted molar refractivity (Wildman–Crippen MR) is 83.7 cm³/mol. The molecule has 0 N–H and O–H groups in total. The summed E-state index contributed by atoms with van der Waals surface area (Å²) in [6.07, 6.45) is 2.15. The lowest BCUT2D eigenvalue weighted by Crippen LogP contribution is -2.33. The Hall–Kier alpha value is -1.35. The molecule has 0 spiro atoms. The Morgan fingerprint density at radius 1 is 1.24 bits per heavy atom. The molecule has 1 aliphatic heterocycles. The summed E-state index contributed by atoms with van der Waals surface area (Å²) >= 11 is 0. The number of benzene rings is 1. The number of carbonyl (C=O) groups excluding carboxylic acids is 1. The fraction of sp³-hybridized carbons (Fsp3) is 0.611. The molecule has 21 heavy (non-hydrogen) atoms. The number of hydrogen-bond donors (Lipinski definition) is 0. The van der Waals surface area contributed by atoms with Crippen molar-refractivity contribution in [1.29, 1.82) is 0 Å². The number of ether oxygens (including phenoxy) is 2. The van der Waals surface area contributed by atoms with Gasteiger partial charge in [0.25, 0.3) is 0 Å². The SMILES string of the molecule is COc1ccc(CCC(=O)C2CC(C)(C)OC2(C)C)cc1. The van der Waals surface area contributed by atoms with Crippen LogP contribution in [0.25, 0.3) is 0 Å². The van der Waals surface area contributed by atoms with E-state index in [1.54, 1.807) is 7.11 Å². The highest BCUT2D eigenvalue weighted by atomic mass is 16.5. The van der Waals surface area contributed by atoms with Crippen LogP contribution in [0.4, 0.5) is 0 Å². The van der Waals surface area contributed by atoms with E-state index >= 15 is 0 Å². The van der Waals surface area contributed by atoms with E-state index < -0.39 is 0 Å². The predicted octanol–water partition coefficient (Wildman–Crippen LogP) is 3.79. The van der Waals surface area contributed by atoms with Gasteiger partial charge in [0.05, 0.1) is 18.3 Å². The maximum Gasteiger partial charge on any atom is 0.139 e. The standard InChI is InChI=1S/C18H26O3/c1-17(2)12-15(18(3,4)21-17)16(19)11-8-13-6-9-14(20-5)10-7-13/h6-7,9-10,15H,8,11-12H2,1-5H3. The van der Waals surface area contributed by atoms with Crippen LogP contribution in [0.1, 0.15) is 46.1 Å². The van der Waals surface area contributed by atoms with Crippen molar-refractivity contribution < 1.29 is 14.3 Å². The number of carbonyl (C=O) groups is 1. The van der Waals surface area contributed by atoms with E-state index in [1.165, 1.54) is 5.56 Å². The molecule has 0 bridgehead atoms. The first-order chi connectivity index (χ1) is 9.73. The smallest absolute Gasteiger partial charge is 0.139 e. The van der Waals surface area contributed by atoms with Gasteiger partial charge in [-0.25, -0.2) is 0 Å². The molecule has 1 saturated heterocycles. The molecular formula is C18H26O3. The topological polar surface area (TPSA) is 35.5 Å². The normalized spacial score (nSPS) is 23.0. The second kappa shape index (κ2) is 5.80. The van der Waals surface area contributed by atoms with E-state index in [0.29, 0.717) is 12.2 Å². The molecule has 1 fully saturated rings. The second-order valence-electron chi connectivity index (χ2n) is 7.04. The number of hydrogen-bond acceptors (Lipinski definition) is 3. The van der Waals surface area contributed by atoms with Gasteiger partial charge >= 0.3 is 0 Å². The molecule has 0 amide bonds. The molecule has 0 saturated carbocycles. The molecule has 3 heteroatoms. The number of methoxy groups -OCH3 is 1. The second-order valence-corrected chi connectivity index (χ2v) is 7.04. The van der Waals surface area contributed by atoms with Gasteiger partial charge in [-0.3, -0.25) is 4.79 Å². The van der Waals surface area contributed by atoms with Gasteiger partial charge in [-0.15, -0.1) is 0 Å².